The molecule has 1 aliphatic rings. The summed E-state index contributed by atoms with van der Waals surface area (Å²) in [4.78, 5) is 40.7. The van der Waals surface area contributed by atoms with Crippen molar-refractivity contribution in [1.82, 2.24) is 15.1 Å². The maximum atomic E-state index is 13.0. The van der Waals surface area contributed by atoms with E-state index >= 15 is 0 Å². The lowest BCUT2D eigenvalue weighted by Crippen LogP contribution is -2.57. The van der Waals surface area contributed by atoms with E-state index in [1.54, 1.807) is 41.0 Å². The van der Waals surface area contributed by atoms with Gasteiger partial charge in [-0.2, -0.15) is 0 Å². The van der Waals surface area contributed by atoms with Crippen molar-refractivity contribution in [1.29, 1.82) is 0 Å². The highest BCUT2D eigenvalue weighted by atomic mass is 16.6. The molecule has 8 heteroatoms. The number of carbonyl (C=O) groups excluding carboxylic acids is 3. The van der Waals surface area contributed by atoms with Gasteiger partial charge >= 0.3 is 6.09 Å². The topological polar surface area (TPSA) is 88.2 Å². The van der Waals surface area contributed by atoms with E-state index in [1.807, 2.05) is 20.8 Å². The molecule has 1 fully saturated rings. The summed E-state index contributed by atoms with van der Waals surface area (Å²) >= 11 is 0. The Hall–Kier alpha value is -2.77. The Morgan fingerprint density at radius 3 is 2.07 bits per heavy atom. The van der Waals surface area contributed by atoms with E-state index in [4.69, 9.17) is 9.47 Å². The molecule has 0 spiro atoms. The van der Waals surface area contributed by atoms with Crippen LogP contribution < -0.4 is 10.1 Å². The molecule has 0 radical (unpaired) electrons. The molecule has 0 aliphatic carbocycles. The van der Waals surface area contributed by atoms with Crippen LogP contribution in [0.4, 0.5) is 4.79 Å². The molecule has 29 heavy (non-hydrogen) atoms. The predicted molar refractivity (Wildman–Crippen MR) is 109 cm³/mol. The maximum absolute atomic E-state index is 13.0. The summed E-state index contributed by atoms with van der Waals surface area (Å²) in [5, 5.41) is 2.86. The predicted octanol–water partition coefficient (Wildman–Crippen LogP) is 2.14. The summed E-state index contributed by atoms with van der Waals surface area (Å²) in [5.41, 5.74) is 0.471. The van der Waals surface area contributed by atoms with Crippen LogP contribution in [-0.2, 0) is 9.53 Å². The smallest absolute Gasteiger partial charge is 0.409 e. The van der Waals surface area contributed by atoms with Gasteiger partial charge in [-0.15, -0.1) is 0 Å². The standard InChI is InChI=1S/C21H31N3O5/c1-5-28-17-9-7-16(8-10-17)19(25)22-18(15(3)4)20(26)23-11-13-24(14-12-23)21(27)29-6-2/h7-10,15,18H,5-6,11-14H2,1-4H3,(H,22,25)/t18-/m0/s1. The number of amides is 3. The second kappa shape index (κ2) is 10.7. The Kier molecular flexibility index (Phi) is 8.30. The van der Waals surface area contributed by atoms with Gasteiger partial charge in [-0.25, -0.2) is 4.79 Å². The van der Waals surface area contributed by atoms with Gasteiger partial charge < -0.3 is 24.6 Å². The molecule has 3 amide bonds. The summed E-state index contributed by atoms with van der Waals surface area (Å²) < 4.78 is 10.4. The lowest BCUT2D eigenvalue weighted by Gasteiger charge is -2.36. The fraction of sp³-hybridized carbons (Fsp3) is 0.571. The summed E-state index contributed by atoms with van der Waals surface area (Å²) in [6.45, 7) is 10.0. The van der Waals surface area contributed by atoms with Gasteiger partial charge in [0.25, 0.3) is 5.91 Å². The zero-order valence-corrected chi connectivity index (χ0v) is 17.6. The van der Waals surface area contributed by atoms with E-state index in [1.165, 1.54) is 0 Å². The van der Waals surface area contributed by atoms with Gasteiger partial charge in [0, 0.05) is 31.7 Å². The van der Waals surface area contributed by atoms with E-state index in [0.717, 1.165) is 0 Å². The first-order valence-corrected chi connectivity index (χ1v) is 10.1. The highest BCUT2D eigenvalue weighted by Crippen LogP contribution is 2.14. The minimum absolute atomic E-state index is 0.0720. The SMILES string of the molecule is CCOC(=O)N1CCN(C(=O)[C@@H](NC(=O)c2ccc(OCC)cc2)C(C)C)CC1. The van der Waals surface area contributed by atoms with Crippen molar-refractivity contribution in [3.63, 3.8) is 0 Å². The molecule has 1 saturated heterocycles. The number of ether oxygens (including phenoxy) is 2. The van der Waals surface area contributed by atoms with Gasteiger partial charge in [-0.1, -0.05) is 13.8 Å². The lowest BCUT2D eigenvalue weighted by atomic mass is 10.0. The summed E-state index contributed by atoms with van der Waals surface area (Å²) in [7, 11) is 0. The molecule has 160 valence electrons. The normalized spacial score (nSPS) is 15.1. The van der Waals surface area contributed by atoms with Crippen molar-refractivity contribution in [2.45, 2.75) is 33.7 Å². The van der Waals surface area contributed by atoms with Crippen LogP contribution in [0.15, 0.2) is 24.3 Å². The molecule has 0 saturated carbocycles. The average Bonchev–Trinajstić information content (AvgIpc) is 2.72. The molecule has 1 N–H and O–H groups in total. The Bertz CT molecular complexity index is 697. The van der Waals surface area contributed by atoms with Crippen molar-refractivity contribution in [2.75, 3.05) is 39.4 Å². The first kappa shape index (κ1) is 22.5. The fourth-order valence-corrected chi connectivity index (χ4v) is 3.13. The maximum Gasteiger partial charge on any atom is 0.409 e. The van der Waals surface area contributed by atoms with Crippen LogP contribution in [-0.4, -0.2) is 73.1 Å². The van der Waals surface area contributed by atoms with Crippen LogP contribution in [0.3, 0.4) is 0 Å². The molecule has 1 aliphatic heterocycles. The van der Waals surface area contributed by atoms with Gasteiger partial charge in [0.15, 0.2) is 0 Å². The monoisotopic (exact) mass is 405 g/mol. The third-order valence-corrected chi connectivity index (χ3v) is 4.76. The van der Waals surface area contributed by atoms with Gasteiger partial charge in [0.05, 0.1) is 13.2 Å². The minimum atomic E-state index is -0.636. The van der Waals surface area contributed by atoms with Crippen LogP contribution in [0, 0.1) is 5.92 Å². The Morgan fingerprint density at radius 1 is 0.966 bits per heavy atom. The van der Waals surface area contributed by atoms with E-state index in [0.29, 0.717) is 50.7 Å². The van der Waals surface area contributed by atoms with Gasteiger partial charge in [0.2, 0.25) is 5.91 Å². The highest BCUT2D eigenvalue weighted by Gasteiger charge is 2.32. The van der Waals surface area contributed by atoms with Crippen LogP contribution in [0.25, 0.3) is 0 Å². The number of nitrogens with zero attached hydrogens (tertiary/aromatic N) is 2. The summed E-state index contributed by atoms with van der Waals surface area (Å²) in [6.07, 6.45) is -0.358. The molecule has 1 heterocycles. The van der Waals surface area contributed by atoms with E-state index in [2.05, 4.69) is 5.32 Å². The van der Waals surface area contributed by atoms with E-state index < -0.39 is 6.04 Å². The first-order chi connectivity index (χ1) is 13.9. The molecule has 1 atom stereocenters. The molecule has 0 bridgehead atoms. The number of rotatable bonds is 7. The third-order valence-electron chi connectivity index (χ3n) is 4.76. The molecule has 0 aromatic heterocycles. The molecule has 2 rings (SSSR count). The average molecular weight is 405 g/mol. The zero-order chi connectivity index (χ0) is 21.4. The Labute approximate surface area is 172 Å². The second-order valence-corrected chi connectivity index (χ2v) is 7.16. The van der Waals surface area contributed by atoms with Crippen LogP contribution in [0.1, 0.15) is 38.1 Å². The number of hydrogen-bond donors (Lipinski definition) is 1. The van der Waals surface area contributed by atoms with Crippen LogP contribution in [0.2, 0.25) is 0 Å². The molecule has 8 nitrogen and oxygen atoms in total. The van der Waals surface area contributed by atoms with Crippen molar-refractivity contribution < 1.29 is 23.9 Å². The molecular weight excluding hydrogens is 374 g/mol. The van der Waals surface area contributed by atoms with Crippen molar-refractivity contribution in [2.24, 2.45) is 5.92 Å². The van der Waals surface area contributed by atoms with Crippen molar-refractivity contribution in [3.8, 4) is 5.75 Å². The second-order valence-electron chi connectivity index (χ2n) is 7.16. The third kappa shape index (κ3) is 6.10. The van der Waals surface area contributed by atoms with Gasteiger partial charge in [-0.05, 0) is 44.0 Å². The van der Waals surface area contributed by atoms with Gasteiger partial charge in [0.1, 0.15) is 11.8 Å². The number of carbonyl (C=O) groups is 3. The molecular formula is C21H31N3O5. The van der Waals surface area contributed by atoms with E-state index in [9.17, 15) is 14.4 Å². The number of benzene rings is 1. The first-order valence-electron chi connectivity index (χ1n) is 10.1. The largest absolute Gasteiger partial charge is 0.494 e. The van der Waals surface area contributed by atoms with Crippen molar-refractivity contribution >= 4 is 17.9 Å². The Balaban J connectivity index is 1.97. The van der Waals surface area contributed by atoms with Gasteiger partial charge in [-0.3, -0.25) is 9.59 Å². The quantitative estimate of drug-likeness (QED) is 0.751. The lowest BCUT2D eigenvalue weighted by molar-refractivity contribution is -0.135. The van der Waals surface area contributed by atoms with Crippen LogP contribution >= 0.6 is 0 Å². The zero-order valence-electron chi connectivity index (χ0n) is 17.6. The number of nitrogens with one attached hydrogen (secondary N) is 1. The molecule has 1 aromatic rings. The number of hydrogen-bond acceptors (Lipinski definition) is 5. The number of piperazine rings is 1. The molecule has 1 aromatic carbocycles. The molecule has 0 unspecified atom stereocenters. The Morgan fingerprint density at radius 2 is 1.55 bits per heavy atom. The van der Waals surface area contributed by atoms with Crippen molar-refractivity contribution in [3.05, 3.63) is 29.8 Å². The summed E-state index contributed by atoms with van der Waals surface area (Å²) in [5.74, 6) is 0.185. The summed E-state index contributed by atoms with van der Waals surface area (Å²) in [6, 6.07) is 6.20. The van der Waals surface area contributed by atoms with Crippen LogP contribution in [0.5, 0.6) is 5.75 Å². The highest BCUT2D eigenvalue weighted by molar-refractivity contribution is 5.97. The minimum Gasteiger partial charge on any atom is -0.494 e. The fourth-order valence-electron chi connectivity index (χ4n) is 3.13. The van der Waals surface area contributed by atoms with E-state index in [-0.39, 0.29) is 23.8 Å².